The van der Waals surface area contributed by atoms with Crippen molar-refractivity contribution in [2.45, 2.75) is 36.2 Å². The minimum Gasteiger partial charge on any atom is -0.480 e. The van der Waals surface area contributed by atoms with Gasteiger partial charge in [0.15, 0.2) is 0 Å². The maximum absolute atomic E-state index is 13.0. The summed E-state index contributed by atoms with van der Waals surface area (Å²) in [7, 11) is -4.04. The van der Waals surface area contributed by atoms with Crippen molar-refractivity contribution in [3.63, 3.8) is 0 Å². The Labute approximate surface area is 230 Å². The van der Waals surface area contributed by atoms with E-state index in [1.54, 1.807) is 48.7 Å². The molecule has 0 radical (unpaired) electrons. The zero-order valence-corrected chi connectivity index (χ0v) is 22.1. The van der Waals surface area contributed by atoms with E-state index < -0.39 is 34.0 Å². The molecule has 212 valence electrons. The van der Waals surface area contributed by atoms with Gasteiger partial charge in [0.2, 0.25) is 34.0 Å². The summed E-state index contributed by atoms with van der Waals surface area (Å²) in [5.41, 5.74) is 6.48. The fourth-order valence-corrected chi connectivity index (χ4v) is 5.29. The van der Waals surface area contributed by atoms with Crippen molar-refractivity contribution in [1.82, 2.24) is 14.9 Å². The third-order valence-electron chi connectivity index (χ3n) is 5.84. The quantitative estimate of drug-likeness (QED) is 0.0990. The summed E-state index contributed by atoms with van der Waals surface area (Å²) in [5, 5.41) is 25.9. The van der Waals surface area contributed by atoms with Gasteiger partial charge in [-0.25, -0.2) is 13.2 Å². The number of benzene rings is 2. The van der Waals surface area contributed by atoms with E-state index in [2.05, 4.69) is 20.9 Å². The van der Waals surface area contributed by atoms with Gasteiger partial charge in [0.25, 0.3) is 0 Å². The summed E-state index contributed by atoms with van der Waals surface area (Å²) in [6.07, 6.45) is 2.10. The average molecular weight is 572 g/mol. The monoisotopic (exact) mass is 571 g/mol. The SMILES string of the molecule is N#C/N=C(\N)NCCCC(=O)Nc1ccc(C[C@H](NC(=O)[C@@H]2COCN2S(=O)(=O)c2ccccc2)C(=O)O)cc1. The Morgan fingerprint density at radius 3 is 2.52 bits per heavy atom. The highest BCUT2D eigenvalue weighted by atomic mass is 32.2. The van der Waals surface area contributed by atoms with Gasteiger partial charge in [-0.1, -0.05) is 30.3 Å². The Kier molecular flexibility index (Phi) is 10.5. The summed E-state index contributed by atoms with van der Waals surface area (Å²) >= 11 is 0. The first-order chi connectivity index (χ1) is 19.1. The molecule has 1 fully saturated rings. The van der Waals surface area contributed by atoms with Crippen molar-refractivity contribution in [3.8, 4) is 6.19 Å². The third kappa shape index (κ3) is 8.24. The molecule has 0 aliphatic carbocycles. The largest absolute Gasteiger partial charge is 0.480 e. The van der Waals surface area contributed by atoms with Gasteiger partial charge in [-0.3, -0.25) is 9.59 Å². The van der Waals surface area contributed by atoms with Gasteiger partial charge < -0.3 is 31.5 Å². The average Bonchev–Trinajstić information content (AvgIpc) is 3.44. The molecule has 1 heterocycles. The Morgan fingerprint density at radius 2 is 1.88 bits per heavy atom. The Bertz CT molecular complexity index is 1380. The number of aliphatic imine (C=N–C) groups is 1. The van der Waals surface area contributed by atoms with E-state index in [0.717, 1.165) is 4.31 Å². The number of carboxylic acid groups (broad SMARTS) is 1. The number of hydrogen-bond donors (Lipinski definition) is 5. The van der Waals surface area contributed by atoms with E-state index in [-0.39, 0.29) is 42.9 Å². The Morgan fingerprint density at radius 1 is 1.18 bits per heavy atom. The van der Waals surface area contributed by atoms with E-state index in [1.165, 1.54) is 12.1 Å². The van der Waals surface area contributed by atoms with Crippen LogP contribution in [0.2, 0.25) is 0 Å². The lowest BCUT2D eigenvalue weighted by Gasteiger charge is -2.23. The molecule has 2 amide bonds. The number of sulfonamides is 1. The number of nitrogens with two attached hydrogens (primary N) is 1. The fraction of sp³-hybridized carbons (Fsp3) is 0.320. The first-order valence-electron chi connectivity index (χ1n) is 12.1. The van der Waals surface area contributed by atoms with Crippen LogP contribution in [-0.2, 0) is 35.6 Å². The van der Waals surface area contributed by atoms with Crippen molar-refractivity contribution in [1.29, 1.82) is 5.26 Å². The van der Waals surface area contributed by atoms with Crippen molar-refractivity contribution in [3.05, 3.63) is 60.2 Å². The number of amides is 2. The number of aliphatic carboxylic acids is 1. The van der Waals surface area contributed by atoms with Crippen LogP contribution in [0, 0.1) is 11.5 Å². The Hall–Kier alpha value is -4.52. The number of nitrogens with one attached hydrogen (secondary N) is 3. The third-order valence-corrected chi connectivity index (χ3v) is 7.69. The molecular weight excluding hydrogens is 542 g/mol. The molecule has 14 nitrogen and oxygen atoms in total. The molecule has 15 heteroatoms. The summed E-state index contributed by atoms with van der Waals surface area (Å²) in [4.78, 5) is 40.3. The number of nitrogens with zero attached hydrogens (tertiary/aromatic N) is 3. The van der Waals surface area contributed by atoms with Crippen LogP contribution < -0.4 is 21.7 Å². The molecule has 2 aromatic rings. The van der Waals surface area contributed by atoms with E-state index in [1.807, 2.05) is 0 Å². The number of hydrogen-bond acceptors (Lipinski definition) is 8. The normalized spacial score (nSPS) is 16.5. The number of rotatable bonds is 12. The van der Waals surface area contributed by atoms with E-state index in [0.29, 0.717) is 24.2 Å². The molecule has 40 heavy (non-hydrogen) atoms. The van der Waals surface area contributed by atoms with Crippen LogP contribution in [0.1, 0.15) is 18.4 Å². The first-order valence-corrected chi connectivity index (χ1v) is 13.6. The van der Waals surface area contributed by atoms with Gasteiger partial charge in [0.1, 0.15) is 18.8 Å². The van der Waals surface area contributed by atoms with E-state index in [9.17, 15) is 27.9 Å². The highest BCUT2D eigenvalue weighted by molar-refractivity contribution is 7.89. The van der Waals surface area contributed by atoms with Crippen LogP contribution in [0.15, 0.2) is 64.5 Å². The van der Waals surface area contributed by atoms with Gasteiger partial charge >= 0.3 is 5.97 Å². The summed E-state index contributed by atoms with van der Waals surface area (Å²) < 4.78 is 32.1. The number of carbonyl (C=O) groups is 3. The molecule has 1 aliphatic heterocycles. The molecule has 0 unspecified atom stereocenters. The zero-order chi connectivity index (χ0) is 29.1. The van der Waals surface area contributed by atoms with E-state index >= 15 is 0 Å². The van der Waals surface area contributed by atoms with E-state index in [4.69, 9.17) is 15.7 Å². The van der Waals surface area contributed by atoms with Gasteiger partial charge in [0.05, 0.1) is 11.5 Å². The smallest absolute Gasteiger partial charge is 0.326 e. The highest BCUT2D eigenvalue weighted by Gasteiger charge is 2.41. The highest BCUT2D eigenvalue weighted by Crippen LogP contribution is 2.22. The van der Waals surface area contributed by atoms with Crippen LogP contribution in [0.5, 0.6) is 0 Å². The minimum atomic E-state index is -4.04. The number of guanidine groups is 1. The second-order valence-corrected chi connectivity index (χ2v) is 10.6. The molecule has 0 spiro atoms. The summed E-state index contributed by atoms with van der Waals surface area (Å²) in [6, 6.07) is 11.4. The summed E-state index contributed by atoms with van der Waals surface area (Å²) in [6.45, 7) is -0.190. The van der Waals surface area contributed by atoms with Crippen molar-refractivity contribution >= 4 is 39.5 Å². The lowest BCUT2D eigenvalue weighted by atomic mass is 10.0. The molecule has 6 N–H and O–H groups in total. The van der Waals surface area contributed by atoms with Crippen LogP contribution >= 0.6 is 0 Å². The van der Waals surface area contributed by atoms with Gasteiger partial charge in [-0.05, 0) is 36.2 Å². The molecule has 0 bridgehead atoms. The van der Waals surface area contributed by atoms with Gasteiger partial charge in [-0.2, -0.15) is 9.57 Å². The van der Waals surface area contributed by atoms with Crippen LogP contribution in [0.25, 0.3) is 0 Å². The van der Waals surface area contributed by atoms with Crippen LogP contribution in [0.4, 0.5) is 5.69 Å². The van der Waals surface area contributed by atoms with Crippen LogP contribution in [0.3, 0.4) is 0 Å². The predicted octanol–water partition coefficient (Wildman–Crippen LogP) is -0.0502. The number of ether oxygens (including phenoxy) is 1. The maximum atomic E-state index is 13.0. The van der Waals surface area contributed by atoms with Gasteiger partial charge in [0, 0.05) is 25.1 Å². The van der Waals surface area contributed by atoms with Crippen molar-refractivity contribution < 1.29 is 32.6 Å². The number of anilines is 1. The standard InChI is InChI=1S/C25H29N7O7S/c26-15-29-25(27)28-12-4-7-22(33)30-18-10-8-17(9-11-18)13-20(24(35)36)31-23(34)21-14-39-16-32(21)40(37,38)19-5-2-1-3-6-19/h1-3,5-6,8-11,20-21H,4,7,12-14,16H2,(H,30,33)(H,31,34)(H,35,36)(H3,27,28,29)/t20-,21-/m0/s1. The minimum absolute atomic E-state index is 0.00770. The Balaban J connectivity index is 1.55. The molecule has 1 saturated heterocycles. The molecule has 2 aromatic carbocycles. The first kappa shape index (κ1) is 30.0. The number of nitriles is 1. The predicted molar refractivity (Wildman–Crippen MR) is 143 cm³/mol. The molecule has 3 rings (SSSR count). The maximum Gasteiger partial charge on any atom is 0.326 e. The lowest BCUT2D eigenvalue weighted by Crippen LogP contribution is -2.52. The number of carbonyl (C=O) groups excluding carboxylic acids is 2. The van der Waals surface area contributed by atoms with Crippen molar-refractivity contribution in [2.24, 2.45) is 10.7 Å². The van der Waals surface area contributed by atoms with Gasteiger partial charge in [-0.15, -0.1) is 4.99 Å². The molecule has 0 aromatic heterocycles. The summed E-state index contributed by atoms with van der Waals surface area (Å²) in [5.74, 6) is -2.37. The van der Waals surface area contributed by atoms with Crippen LogP contribution in [-0.4, -0.2) is 73.5 Å². The molecular formula is C25H29N7O7S. The topological polar surface area (TPSA) is 216 Å². The fourth-order valence-electron chi connectivity index (χ4n) is 3.81. The molecule has 1 aliphatic rings. The zero-order valence-electron chi connectivity index (χ0n) is 21.3. The molecule has 0 saturated carbocycles. The second-order valence-electron chi connectivity index (χ2n) is 8.70. The number of carboxylic acids is 1. The second kappa shape index (κ2) is 14.0. The van der Waals surface area contributed by atoms with Crippen molar-refractivity contribution in [2.75, 3.05) is 25.2 Å². The lowest BCUT2D eigenvalue weighted by molar-refractivity contribution is -0.142. The molecule has 2 atom stereocenters.